The number of nitrogens with zero attached hydrogens (tertiary/aromatic N) is 2. The molecule has 1 aromatic heterocycles. The van der Waals surface area contributed by atoms with Crippen LogP contribution >= 0.6 is 0 Å². The van der Waals surface area contributed by atoms with Crippen molar-refractivity contribution in [3.8, 4) is 0 Å². The van der Waals surface area contributed by atoms with Crippen molar-refractivity contribution in [1.29, 1.82) is 0 Å². The van der Waals surface area contributed by atoms with E-state index in [9.17, 15) is 18.0 Å². The average Bonchev–Trinajstić information content (AvgIpc) is 2.90. The fraction of sp³-hybridized carbons (Fsp3) is 0.263. The molecule has 0 aliphatic rings. The van der Waals surface area contributed by atoms with E-state index in [-0.39, 0.29) is 27.1 Å². The molecule has 0 atom stereocenters. The van der Waals surface area contributed by atoms with Crippen molar-refractivity contribution in [2.75, 3.05) is 5.32 Å². The zero-order valence-corrected chi connectivity index (χ0v) is 16.2. The van der Waals surface area contributed by atoms with Crippen molar-refractivity contribution in [2.45, 2.75) is 43.7 Å². The van der Waals surface area contributed by atoms with Gasteiger partial charge in [-0.05, 0) is 38.1 Å². The number of sulfone groups is 1. The molecule has 0 radical (unpaired) electrons. The number of carbonyl (C=O) groups is 1. The van der Waals surface area contributed by atoms with Crippen molar-refractivity contribution in [3.05, 3.63) is 52.9 Å². The number of carbonyl (C=O) groups excluding carboxylic acids is 1. The lowest BCUT2D eigenvalue weighted by Gasteiger charge is -2.13. The molecular formula is C19H21N3O4S. The first-order chi connectivity index (χ1) is 12.8. The Morgan fingerprint density at radius 1 is 1.00 bits per heavy atom. The lowest BCUT2D eigenvalue weighted by Crippen LogP contribution is -2.23. The summed E-state index contributed by atoms with van der Waals surface area (Å²) in [5.41, 5.74) is 1.06. The van der Waals surface area contributed by atoms with Crippen LogP contribution < -0.4 is 11.0 Å². The van der Waals surface area contributed by atoms with Gasteiger partial charge in [-0.1, -0.05) is 18.2 Å². The number of aryl methyl sites for hydroxylation is 2. The molecule has 142 valence electrons. The quantitative estimate of drug-likeness (QED) is 0.729. The monoisotopic (exact) mass is 387 g/mol. The summed E-state index contributed by atoms with van der Waals surface area (Å²) >= 11 is 0. The van der Waals surface area contributed by atoms with Crippen LogP contribution in [0.25, 0.3) is 11.0 Å². The Bertz CT molecular complexity index is 1180. The Morgan fingerprint density at radius 2 is 1.56 bits per heavy atom. The second kappa shape index (κ2) is 7.03. The van der Waals surface area contributed by atoms with Crippen molar-refractivity contribution >= 4 is 32.5 Å². The maximum atomic E-state index is 13.2. The molecule has 0 saturated heterocycles. The van der Waals surface area contributed by atoms with Gasteiger partial charge in [-0.2, -0.15) is 0 Å². The molecule has 1 amide bonds. The Hall–Kier alpha value is -2.87. The van der Waals surface area contributed by atoms with Crippen LogP contribution in [0.3, 0.4) is 0 Å². The highest BCUT2D eigenvalue weighted by Gasteiger charge is 2.25. The number of amides is 1. The van der Waals surface area contributed by atoms with E-state index in [1.807, 2.05) is 13.8 Å². The first-order valence-corrected chi connectivity index (χ1v) is 10.1. The maximum absolute atomic E-state index is 13.2. The van der Waals surface area contributed by atoms with Gasteiger partial charge >= 0.3 is 5.69 Å². The SMILES string of the molecule is CCn1c(=O)n(CC)c2cc(S(=O)(=O)c3ccccc3)c(NC(C)=O)cc21. The number of hydrogen-bond acceptors (Lipinski definition) is 4. The maximum Gasteiger partial charge on any atom is 0.329 e. The molecule has 3 rings (SSSR count). The second-order valence-corrected chi connectivity index (χ2v) is 8.02. The Kier molecular flexibility index (Phi) is 4.93. The first-order valence-electron chi connectivity index (χ1n) is 8.66. The van der Waals surface area contributed by atoms with Gasteiger partial charge in [0.1, 0.15) is 0 Å². The van der Waals surface area contributed by atoms with Gasteiger partial charge in [-0.25, -0.2) is 13.2 Å². The van der Waals surface area contributed by atoms with Gasteiger partial charge in [0, 0.05) is 20.0 Å². The highest BCUT2D eigenvalue weighted by molar-refractivity contribution is 7.91. The number of aromatic nitrogens is 2. The topological polar surface area (TPSA) is 90.2 Å². The summed E-state index contributed by atoms with van der Waals surface area (Å²) in [5, 5.41) is 2.60. The minimum atomic E-state index is -3.88. The lowest BCUT2D eigenvalue weighted by atomic mass is 10.2. The Balaban J connectivity index is 2.40. The highest BCUT2D eigenvalue weighted by Crippen LogP contribution is 2.32. The van der Waals surface area contributed by atoms with Crippen LogP contribution in [0.2, 0.25) is 0 Å². The molecule has 1 N–H and O–H groups in total. The summed E-state index contributed by atoms with van der Waals surface area (Å²) in [6.07, 6.45) is 0. The van der Waals surface area contributed by atoms with Crippen molar-refractivity contribution in [1.82, 2.24) is 9.13 Å². The van der Waals surface area contributed by atoms with Gasteiger partial charge in [0.15, 0.2) is 0 Å². The third kappa shape index (κ3) is 3.16. The minimum absolute atomic E-state index is 0.0353. The minimum Gasteiger partial charge on any atom is -0.325 e. The largest absolute Gasteiger partial charge is 0.329 e. The van der Waals surface area contributed by atoms with E-state index in [2.05, 4.69) is 5.32 Å². The summed E-state index contributed by atoms with van der Waals surface area (Å²) in [4.78, 5) is 24.4. The predicted molar refractivity (Wildman–Crippen MR) is 104 cm³/mol. The van der Waals surface area contributed by atoms with Crippen LogP contribution in [0, 0.1) is 0 Å². The van der Waals surface area contributed by atoms with E-state index in [4.69, 9.17) is 0 Å². The van der Waals surface area contributed by atoms with Crippen molar-refractivity contribution < 1.29 is 13.2 Å². The molecule has 0 fully saturated rings. The fourth-order valence-electron chi connectivity index (χ4n) is 3.19. The molecule has 1 heterocycles. The molecule has 0 aliphatic carbocycles. The van der Waals surface area contributed by atoms with Gasteiger partial charge in [0.25, 0.3) is 0 Å². The number of imidazole rings is 1. The van der Waals surface area contributed by atoms with Crippen molar-refractivity contribution in [3.63, 3.8) is 0 Å². The van der Waals surface area contributed by atoms with Crippen molar-refractivity contribution in [2.24, 2.45) is 0 Å². The molecule has 27 heavy (non-hydrogen) atoms. The average molecular weight is 387 g/mol. The summed E-state index contributed by atoms with van der Waals surface area (Å²) in [7, 11) is -3.88. The van der Waals surface area contributed by atoms with Gasteiger partial charge in [0.2, 0.25) is 15.7 Å². The molecular weight excluding hydrogens is 366 g/mol. The van der Waals surface area contributed by atoms with E-state index < -0.39 is 9.84 Å². The van der Waals surface area contributed by atoms with E-state index >= 15 is 0 Å². The summed E-state index contributed by atoms with van der Waals surface area (Å²) in [5.74, 6) is -0.390. The first kappa shape index (κ1) is 18.9. The summed E-state index contributed by atoms with van der Waals surface area (Å²) < 4.78 is 29.5. The number of anilines is 1. The van der Waals surface area contributed by atoms with Crippen LogP contribution in [-0.4, -0.2) is 23.5 Å². The number of benzene rings is 2. The molecule has 0 aliphatic heterocycles. The van der Waals surface area contributed by atoms with Crippen LogP contribution in [-0.2, 0) is 27.7 Å². The van der Waals surface area contributed by atoms with E-state index in [0.29, 0.717) is 24.1 Å². The van der Waals surface area contributed by atoms with Gasteiger partial charge in [-0.3, -0.25) is 13.9 Å². The second-order valence-electron chi connectivity index (χ2n) is 6.11. The molecule has 2 aromatic carbocycles. The summed E-state index contributed by atoms with van der Waals surface area (Å²) in [6, 6.07) is 11.0. The zero-order valence-electron chi connectivity index (χ0n) is 15.4. The molecule has 0 spiro atoms. The molecule has 8 heteroatoms. The number of nitrogens with one attached hydrogen (secondary N) is 1. The standard InChI is InChI=1S/C19H21N3O4S/c1-4-21-16-11-15(20-13(3)23)18(12-17(16)22(5-2)19(21)24)27(25,26)14-9-7-6-8-10-14/h6-12H,4-5H2,1-3H3,(H,20,23). The van der Waals surface area contributed by atoms with Gasteiger partial charge in [-0.15, -0.1) is 0 Å². The third-order valence-electron chi connectivity index (χ3n) is 4.41. The van der Waals surface area contributed by atoms with Crippen LogP contribution in [0.4, 0.5) is 5.69 Å². The third-order valence-corrected chi connectivity index (χ3v) is 6.22. The number of hydrogen-bond donors (Lipinski definition) is 1. The van der Waals surface area contributed by atoms with E-state index in [1.54, 1.807) is 28.8 Å². The number of fused-ring (bicyclic) bond motifs is 1. The van der Waals surface area contributed by atoms with Crippen LogP contribution in [0.15, 0.2) is 57.1 Å². The zero-order chi connectivity index (χ0) is 19.8. The number of rotatable bonds is 5. The summed E-state index contributed by atoms with van der Waals surface area (Å²) in [6.45, 7) is 5.83. The molecule has 7 nitrogen and oxygen atoms in total. The van der Waals surface area contributed by atoms with E-state index in [0.717, 1.165) is 0 Å². The molecule has 0 saturated carbocycles. The lowest BCUT2D eigenvalue weighted by molar-refractivity contribution is -0.114. The Labute approximate surface area is 157 Å². The van der Waals surface area contributed by atoms with Gasteiger partial charge in [0.05, 0.1) is 26.5 Å². The van der Waals surface area contributed by atoms with Crippen LogP contribution in [0.1, 0.15) is 20.8 Å². The molecule has 3 aromatic rings. The predicted octanol–water partition coefficient (Wildman–Crippen LogP) is 2.63. The smallest absolute Gasteiger partial charge is 0.325 e. The normalized spacial score (nSPS) is 11.7. The molecule has 0 bridgehead atoms. The van der Waals surface area contributed by atoms with Gasteiger partial charge < -0.3 is 5.32 Å². The highest BCUT2D eigenvalue weighted by atomic mass is 32.2. The van der Waals surface area contributed by atoms with Crippen LogP contribution in [0.5, 0.6) is 0 Å². The van der Waals surface area contributed by atoms with E-state index in [1.165, 1.54) is 29.7 Å². The molecule has 0 unspecified atom stereocenters. The fourth-order valence-corrected chi connectivity index (χ4v) is 4.62. The Morgan fingerprint density at radius 3 is 2.07 bits per heavy atom.